The summed E-state index contributed by atoms with van der Waals surface area (Å²) in [5.41, 5.74) is 4.77. The number of aromatic nitrogens is 2. The molecule has 2 aromatic heterocycles. The van der Waals surface area contributed by atoms with Crippen LogP contribution in [0.15, 0.2) is 67.0 Å². The first-order valence-electron chi connectivity index (χ1n) is 10.6. The van der Waals surface area contributed by atoms with Gasteiger partial charge in [0.2, 0.25) is 0 Å². The Bertz CT molecular complexity index is 1140. The number of rotatable bonds is 11. The minimum atomic E-state index is 0. The summed E-state index contributed by atoms with van der Waals surface area (Å²) in [5, 5.41) is 2.52. The fourth-order valence-electron chi connectivity index (χ4n) is 3.70. The van der Waals surface area contributed by atoms with Crippen LogP contribution in [0.5, 0.6) is 0 Å². The van der Waals surface area contributed by atoms with Gasteiger partial charge >= 0.3 is 0 Å². The summed E-state index contributed by atoms with van der Waals surface area (Å²) in [5.74, 6) is 0. The average molecular weight is 544 g/mol. The van der Waals surface area contributed by atoms with Gasteiger partial charge in [-0.25, -0.2) is 0 Å². The lowest BCUT2D eigenvalue weighted by atomic mass is 10.1. The quantitative estimate of drug-likeness (QED) is 0.181. The predicted molar refractivity (Wildman–Crippen MR) is 142 cm³/mol. The molecular weight excluding hydrogens is 515 g/mol. The molecule has 4 rings (SSSR count). The molecule has 2 heterocycles. The van der Waals surface area contributed by atoms with Crippen LogP contribution in [0, 0.1) is 0 Å². The van der Waals surface area contributed by atoms with Crippen molar-refractivity contribution in [2.75, 3.05) is 40.1 Å². The largest absolute Gasteiger partial charge is 0.382 e. The number of hydrogen-bond acceptors (Lipinski definition) is 4. The van der Waals surface area contributed by atoms with E-state index in [0.29, 0.717) is 33.0 Å². The maximum atomic E-state index is 5.79. The summed E-state index contributed by atoms with van der Waals surface area (Å²) in [4.78, 5) is 4.07. The average Bonchev–Trinajstić information content (AvgIpc) is 3.13. The molecule has 0 unspecified atom stereocenters. The minimum Gasteiger partial charge on any atom is -0.382 e. The van der Waals surface area contributed by atoms with Gasteiger partial charge in [0.25, 0.3) is 0 Å². The van der Waals surface area contributed by atoms with Gasteiger partial charge in [-0.1, -0.05) is 36.4 Å². The molecule has 0 atom stereocenters. The predicted octanol–water partition coefficient (Wildman–Crippen LogP) is 5.66. The smallest absolute Gasteiger partial charge is 0.0701 e. The number of nitrogens with zero attached hydrogens (tertiary/aromatic N) is 2. The minimum absolute atomic E-state index is 0. The van der Waals surface area contributed by atoms with Crippen LogP contribution >= 0.6 is 24.0 Å². The second-order valence-corrected chi connectivity index (χ2v) is 7.28. The van der Waals surface area contributed by atoms with Gasteiger partial charge in [0.1, 0.15) is 0 Å². The monoisotopic (exact) mass is 544 g/mol. The van der Waals surface area contributed by atoms with Crippen molar-refractivity contribution in [3.63, 3.8) is 0 Å². The van der Waals surface area contributed by atoms with Crippen LogP contribution in [0.4, 0.5) is 0 Å². The first-order chi connectivity index (χ1) is 15.4. The lowest BCUT2D eigenvalue weighted by molar-refractivity contribution is 0.0234. The first kappa shape index (κ1) is 24.4. The van der Waals surface area contributed by atoms with Crippen LogP contribution in [-0.2, 0) is 20.8 Å². The van der Waals surface area contributed by atoms with Crippen molar-refractivity contribution >= 4 is 57.9 Å². The van der Waals surface area contributed by atoms with E-state index in [0.717, 1.165) is 12.1 Å². The Morgan fingerprint density at radius 2 is 1.44 bits per heavy atom. The molecule has 0 spiro atoms. The number of ether oxygens (including phenoxy) is 3. The molecule has 0 aliphatic carbocycles. The second-order valence-electron chi connectivity index (χ2n) is 7.28. The Morgan fingerprint density at radius 1 is 0.750 bits per heavy atom. The van der Waals surface area contributed by atoms with Gasteiger partial charge in [-0.05, 0) is 41.5 Å². The highest BCUT2D eigenvalue weighted by Gasteiger charge is 2.10. The third kappa shape index (κ3) is 6.16. The topological polar surface area (TPSA) is 45.5 Å². The first-order valence-corrected chi connectivity index (χ1v) is 10.6. The molecule has 0 saturated heterocycles. The van der Waals surface area contributed by atoms with Gasteiger partial charge < -0.3 is 18.8 Å². The fourth-order valence-corrected chi connectivity index (χ4v) is 3.70. The molecule has 4 aromatic rings. The standard InChI is InChI=1S/C26H28N2O3.HI/c1-29-16-17-31-19-18-30-15-14-28-25-5-3-2-4-23(25)24-20-22(8-9-26(24)28)7-6-21-10-12-27-13-11-21;/h2-13,20H,14-19H2,1H3;1H/b7-6+;. The van der Waals surface area contributed by atoms with Crippen LogP contribution in [0.2, 0.25) is 0 Å². The van der Waals surface area contributed by atoms with E-state index in [2.05, 4.69) is 64.2 Å². The normalized spacial score (nSPS) is 11.4. The van der Waals surface area contributed by atoms with E-state index in [1.54, 1.807) is 7.11 Å². The molecule has 0 radical (unpaired) electrons. The molecule has 0 N–H and O–H groups in total. The number of methoxy groups -OCH3 is 1. The van der Waals surface area contributed by atoms with E-state index < -0.39 is 0 Å². The van der Waals surface area contributed by atoms with Gasteiger partial charge in [0.05, 0.1) is 33.0 Å². The maximum Gasteiger partial charge on any atom is 0.0701 e. The number of hydrogen-bond donors (Lipinski definition) is 0. The van der Waals surface area contributed by atoms with Crippen molar-refractivity contribution in [3.05, 3.63) is 78.1 Å². The lowest BCUT2D eigenvalue weighted by Crippen LogP contribution is -2.11. The third-order valence-corrected chi connectivity index (χ3v) is 5.23. The summed E-state index contributed by atoms with van der Waals surface area (Å²) in [6, 6.07) is 19.2. The summed E-state index contributed by atoms with van der Waals surface area (Å²) in [6.07, 6.45) is 7.88. The van der Waals surface area contributed by atoms with Crippen molar-refractivity contribution < 1.29 is 14.2 Å². The van der Waals surface area contributed by atoms with Crippen molar-refractivity contribution in [2.45, 2.75) is 6.54 Å². The van der Waals surface area contributed by atoms with Crippen LogP contribution in [0.1, 0.15) is 11.1 Å². The SMILES string of the molecule is COCCOCCOCCn1c2ccccc2c2cc(/C=C/c3ccncc3)ccc21.I. The van der Waals surface area contributed by atoms with E-state index in [1.165, 1.54) is 27.4 Å². The highest BCUT2D eigenvalue weighted by molar-refractivity contribution is 14.0. The van der Waals surface area contributed by atoms with Crippen molar-refractivity contribution in [1.82, 2.24) is 9.55 Å². The Kier molecular flexibility index (Phi) is 9.67. The molecule has 0 aliphatic rings. The van der Waals surface area contributed by atoms with Crippen LogP contribution in [-0.4, -0.2) is 49.7 Å². The zero-order chi connectivity index (χ0) is 21.3. The van der Waals surface area contributed by atoms with Crippen LogP contribution in [0.25, 0.3) is 34.0 Å². The van der Waals surface area contributed by atoms with Crippen molar-refractivity contribution in [2.24, 2.45) is 0 Å². The molecule has 32 heavy (non-hydrogen) atoms. The Hall–Kier alpha value is -2.26. The summed E-state index contributed by atoms with van der Waals surface area (Å²) in [6.45, 7) is 3.83. The van der Waals surface area contributed by atoms with E-state index in [4.69, 9.17) is 14.2 Å². The fraction of sp³-hybridized carbons (Fsp3) is 0.269. The Morgan fingerprint density at radius 3 is 2.25 bits per heavy atom. The van der Waals surface area contributed by atoms with Gasteiger partial charge in [-0.2, -0.15) is 0 Å². The molecule has 0 fully saturated rings. The molecular formula is C26H29IN2O3. The molecule has 0 amide bonds. The Balaban J connectivity index is 0.00000289. The van der Waals surface area contributed by atoms with Gasteiger partial charge in [0, 0.05) is 47.9 Å². The highest BCUT2D eigenvalue weighted by Crippen LogP contribution is 2.30. The summed E-state index contributed by atoms with van der Waals surface area (Å²) < 4.78 is 18.6. The molecule has 168 valence electrons. The molecule has 5 nitrogen and oxygen atoms in total. The van der Waals surface area contributed by atoms with Crippen molar-refractivity contribution in [3.8, 4) is 0 Å². The summed E-state index contributed by atoms with van der Waals surface area (Å²) >= 11 is 0. The second kappa shape index (κ2) is 12.7. The molecule has 0 bridgehead atoms. The number of fused-ring (bicyclic) bond motifs is 3. The van der Waals surface area contributed by atoms with E-state index >= 15 is 0 Å². The van der Waals surface area contributed by atoms with E-state index in [1.807, 2.05) is 24.5 Å². The van der Waals surface area contributed by atoms with Crippen LogP contribution in [0.3, 0.4) is 0 Å². The lowest BCUT2D eigenvalue weighted by Gasteiger charge is -2.09. The molecule has 2 aromatic carbocycles. The third-order valence-electron chi connectivity index (χ3n) is 5.23. The maximum absolute atomic E-state index is 5.79. The van der Waals surface area contributed by atoms with Gasteiger partial charge in [-0.15, -0.1) is 24.0 Å². The number of benzene rings is 2. The number of pyridine rings is 1. The molecule has 6 heteroatoms. The molecule has 0 saturated carbocycles. The highest BCUT2D eigenvalue weighted by atomic mass is 127. The number of para-hydroxylation sites is 1. The Labute approximate surface area is 206 Å². The van der Waals surface area contributed by atoms with Gasteiger partial charge in [0.15, 0.2) is 0 Å². The van der Waals surface area contributed by atoms with E-state index in [9.17, 15) is 0 Å². The zero-order valence-corrected chi connectivity index (χ0v) is 20.6. The van der Waals surface area contributed by atoms with E-state index in [-0.39, 0.29) is 24.0 Å². The van der Waals surface area contributed by atoms with Gasteiger partial charge in [-0.3, -0.25) is 4.98 Å². The zero-order valence-electron chi connectivity index (χ0n) is 18.3. The molecule has 0 aliphatic heterocycles. The number of halogens is 1. The summed E-state index contributed by atoms with van der Waals surface area (Å²) in [7, 11) is 1.67. The van der Waals surface area contributed by atoms with Crippen molar-refractivity contribution in [1.29, 1.82) is 0 Å². The van der Waals surface area contributed by atoms with Crippen LogP contribution < -0.4 is 0 Å².